The Kier molecular flexibility index (Phi) is 5.03. The molecule has 0 radical (unpaired) electrons. The van der Waals surface area contributed by atoms with Gasteiger partial charge in [0.2, 0.25) is 0 Å². The van der Waals surface area contributed by atoms with Crippen molar-refractivity contribution in [1.82, 2.24) is 19.8 Å². The highest BCUT2D eigenvalue weighted by molar-refractivity contribution is 5.20. The molecule has 23 heavy (non-hydrogen) atoms. The summed E-state index contributed by atoms with van der Waals surface area (Å²) >= 11 is 0. The Hall–Kier alpha value is -1.78. The Morgan fingerprint density at radius 2 is 1.78 bits per heavy atom. The Labute approximate surface area is 139 Å². The molecule has 0 spiro atoms. The molecule has 1 atom stereocenters. The standard InChI is InChI=1S/C19H26N4/c1-15(2)19-20-11-16(12-21-19)13-23-10-9-22(3)18(14-23)17-7-5-4-6-8-17/h4-8,11-12,15,18H,9-10,13-14H2,1-3H3/t18-/m0/s1. The zero-order valence-corrected chi connectivity index (χ0v) is 14.3. The monoisotopic (exact) mass is 310 g/mol. The van der Waals surface area contributed by atoms with Crippen molar-refractivity contribution in [2.75, 3.05) is 26.7 Å². The highest BCUT2D eigenvalue weighted by Crippen LogP contribution is 2.24. The second-order valence-electron chi connectivity index (χ2n) is 6.75. The fourth-order valence-corrected chi connectivity index (χ4v) is 3.11. The minimum absolute atomic E-state index is 0.384. The summed E-state index contributed by atoms with van der Waals surface area (Å²) < 4.78 is 0. The largest absolute Gasteiger partial charge is 0.297 e. The van der Waals surface area contributed by atoms with Crippen LogP contribution in [-0.2, 0) is 6.54 Å². The lowest BCUT2D eigenvalue weighted by Crippen LogP contribution is -2.46. The van der Waals surface area contributed by atoms with E-state index >= 15 is 0 Å². The summed E-state index contributed by atoms with van der Waals surface area (Å²) in [7, 11) is 2.22. The highest BCUT2D eigenvalue weighted by atomic mass is 15.3. The van der Waals surface area contributed by atoms with Crippen LogP contribution in [-0.4, -0.2) is 46.4 Å². The van der Waals surface area contributed by atoms with Crippen molar-refractivity contribution in [3.8, 4) is 0 Å². The zero-order chi connectivity index (χ0) is 16.2. The first-order valence-corrected chi connectivity index (χ1v) is 8.42. The number of benzene rings is 1. The van der Waals surface area contributed by atoms with Crippen molar-refractivity contribution in [1.29, 1.82) is 0 Å². The zero-order valence-electron chi connectivity index (χ0n) is 14.3. The molecule has 0 aliphatic carbocycles. The number of piperazine rings is 1. The van der Waals surface area contributed by atoms with Crippen LogP contribution in [0.2, 0.25) is 0 Å². The summed E-state index contributed by atoms with van der Waals surface area (Å²) in [5.41, 5.74) is 2.59. The van der Waals surface area contributed by atoms with E-state index in [2.05, 4.69) is 71.0 Å². The molecular formula is C19H26N4. The third-order valence-corrected chi connectivity index (χ3v) is 4.56. The van der Waals surface area contributed by atoms with E-state index in [1.54, 1.807) is 0 Å². The van der Waals surface area contributed by atoms with Crippen molar-refractivity contribution in [2.24, 2.45) is 0 Å². The van der Waals surface area contributed by atoms with Gasteiger partial charge >= 0.3 is 0 Å². The van der Waals surface area contributed by atoms with E-state index in [-0.39, 0.29) is 0 Å². The molecule has 0 bridgehead atoms. The van der Waals surface area contributed by atoms with Crippen molar-refractivity contribution in [3.63, 3.8) is 0 Å². The second-order valence-corrected chi connectivity index (χ2v) is 6.75. The van der Waals surface area contributed by atoms with Crippen LogP contribution in [0.5, 0.6) is 0 Å². The maximum Gasteiger partial charge on any atom is 0.130 e. The average Bonchev–Trinajstić information content (AvgIpc) is 2.58. The first-order valence-electron chi connectivity index (χ1n) is 8.42. The van der Waals surface area contributed by atoms with Crippen LogP contribution < -0.4 is 0 Å². The van der Waals surface area contributed by atoms with Gasteiger partial charge in [0, 0.05) is 56.1 Å². The van der Waals surface area contributed by atoms with Crippen LogP contribution in [0.1, 0.15) is 42.8 Å². The third-order valence-electron chi connectivity index (χ3n) is 4.56. The van der Waals surface area contributed by atoms with Crippen LogP contribution in [0.25, 0.3) is 0 Å². The SMILES string of the molecule is CC(C)c1ncc(CN2CCN(C)[C@H](c3ccccc3)C2)cn1. The maximum atomic E-state index is 4.49. The van der Waals surface area contributed by atoms with Crippen molar-refractivity contribution in [3.05, 3.63) is 59.7 Å². The van der Waals surface area contributed by atoms with Crippen molar-refractivity contribution in [2.45, 2.75) is 32.4 Å². The van der Waals surface area contributed by atoms with Gasteiger partial charge < -0.3 is 0 Å². The van der Waals surface area contributed by atoms with E-state index < -0.39 is 0 Å². The molecule has 1 fully saturated rings. The molecule has 4 nitrogen and oxygen atoms in total. The number of rotatable bonds is 4. The summed E-state index contributed by atoms with van der Waals surface area (Å²) in [6.45, 7) is 8.40. The van der Waals surface area contributed by atoms with Gasteiger partial charge in [-0.15, -0.1) is 0 Å². The lowest BCUT2D eigenvalue weighted by atomic mass is 10.0. The lowest BCUT2D eigenvalue weighted by molar-refractivity contribution is 0.0903. The molecule has 0 amide bonds. The van der Waals surface area contributed by atoms with E-state index in [9.17, 15) is 0 Å². The fourth-order valence-electron chi connectivity index (χ4n) is 3.11. The quantitative estimate of drug-likeness (QED) is 0.868. The predicted octanol–water partition coefficient (Wildman–Crippen LogP) is 3.09. The molecule has 1 saturated heterocycles. The van der Waals surface area contributed by atoms with Crippen LogP contribution in [0.15, 0.2) is 42.7 Å². The first-order chi connectivity index (χ1) is 11.1. The van der Waals surface area contributed by atoms with Gasteiger partial charge in [0.05, 0.1) is 0 Å². The molecule has 1 aliphatic rings. The fraction of sp³-hybridized carbons (Fsp3) is 0.474. The van der Waals surface area contributed by atoms with Gasteiger partial charge in [0.25, 0.3) is 0 Å². The molecular weight excluding hydrogens is 284 g/mol. The number of likely N-dealkylation sites (N-methyl/N-ethyl adjacent to an activating group) is 1. The minimum atomic E-state index is 0.384. The summed E-state index contributed by atoms with van der Waals surface area (Å²) in [5.74, 6) is 1.31. The minimum Gasteiger partial charge on any atom is -0.297 e. The number of aromatic nitrogens is 2. The van der Waals surface area contributed by atoms with E-state index in [4.69, 9.17) is 0 Å². The van der Waals surface area contributed by atoms with E-state index in [1.807, 2.05) is 12.4 Å². The average molecular weight is 310 g/mol. The predicted molar refractivity (Wildman–Crippen MR) is 93.2 cm³/mol. The number of hydrogen-bond donors (Lipinski definition) is 0. The molecule has 1 aromatic heterocycles. The maximum absolute atomic E-state index is 4.49. The van der Waals surface area contributed by atoms with Crippen LogP contribution in [0.3, 0.4) is 0 Å². The van der Waals surface area contributed by atoms with E-state index in [0.29, 0.717) is 12.0 Å². The molecule has 1 aliphatic heterocycles. The Bertz CT molecular complexity index is 609. The molecule has 122 valence electrons. The molecule has 0 saturated carbocycles. The summed E-state index contributed by atoms with van der Waals surface area (Å²) in [4.78, 5) is 13.9. The van der Waals surface area contributed by atoms with Crippen LogP contribution in [0.4, 0.5) is 0 Å². The summed E-state index contributed by atoms with van der Waals surface area (Å²) in [5, 5.41) is 0. The summed E-state index contributed by atoms with van der Waals surface area (Å²) in [6, 6.07) is 11.2. The third kappa shape index (κ3) is 3.95. The lowest BCUT2D eigenvalue weighted by Gasteiger charge is -2.39. The molecule has 3 rings (SSSR count). The molecule has 1 aromatic carbocycles. The molecule has 2 aromatic rings. The second kappa shape index (κ2) is 7.20. The van der Waals surface area contributed by atoms with Crippen molar-refractivity contribution >= 4 is 0 Å². The van der Waals surface area contributed by atoms with Gasteiger partial charge in [0.1, 0.15) is 5.82 Å². The smallest absolute Gasteiger partial charge is 0.130 e. The topological polar surface area (TPSA) is 32.3 Å². The van der Waals surface area contributed by atoms with Crippen LogP contribution in [0, 0.1) is 0 Å². The first kappa shape index (κ1) is 16.1. The van der Waals surface area contributed by atoms with Crippen molar-refractivity contribution < 1.29 is 0 Å². The van der Waals surface area contributed by atoms with Crippen LogP contribution >= 0.6 is 0 Å². The Balaban J connectivity index is 1.67. The van der Waals surface area contributed by atoms with Gasteiger partial charge in [-0.05, 0) is 12.6 Å². The van der Waals surface area contributed by atoms with E-state index in [1.165, 1.54) is 11.1 Å². The molecule has 2 heterocycles. The van der Waals surface area contributed by atoms with Gasteiger partial charge in [-0.1, -0.05) is 44.2 Å². The molecule has 0 unspecified atom stereocenters. The number of nitrogens with zero attached hydrogens (tertiary/aromatic N) is 4. The Morgan fingerprint density at radius 3 is 2.43 bits per heavy atom. The Morgan fingerprint density at radius 1 is 1.09 bits per heavy atom. The normalized spacial score (nSPS) is 20.1. The molecule has 0 N–H and O–H groups in total. The summed E-state index contributed by atoms with van der Waals surface area (Å²) in [6.07, 6.45) is 3.97. The molecule has 4 heteroatoms. The number of hydrogen-bond acceptors (Lipinski definition) is 4. The van der Waals surface area contributed by atoms with Gasteiger partial charge in [-0.25, -0.2) is 9.97 Å². The van der Waals surface area contributed by atoms with E-state index in [0.717, 1.165) is 32.0 Å². The van der Waals surface area contributed by atoms with Gasteiger partial charge in [0.15, 0.2) is 0 Å². The van der Waals surface area contributed by atoms with Gasteiger partial charge in [-0.3, -0.25) is 9.80 Å². The van der Waals surface area contributed by atoms with Gasteiger partial charge in [-0.2, -0.15) is 0 Å². The highest BCUT2D eigenvalue weighted by Gasteiger charge is 2.25.